The van der Waals surface area contributed by atoms with Gasteiger partial charge >= 0.3 is 0 Å². The summed E-state index contributed by atoms with van der Waals surface area (Å²) in [7, 11) is 0. The molecule has 0 unspecified atom stereocenters. The molecule has 1 heterocycles. The van der Waals surface area contributed by atoms with E-state index in [1.807, 2.05) is 49.4 Å². The number of nitrogens with one attached hydrogen (secondary N) is 1. The number of carbonyl (C=O) groups is 1. The van der Waals surface area contributed by atoms with Crippen LogP contribution in [-0.2, 0) is 0 Å². The molecule has 0 aliphatic rings. The first-order chi connectivity index (χ1) is 11.1. The smallest absolute Gasteiger partial charge is 0.257 e. The highest BCUT2D eigenvalue weighted by Crippen LogP contribution is 2.27. The minimum Gasteiger partial charge on any atom is -0.296 e. The molecule has 4 nitrogen and oxygen atoms in total. The number of thioether (sulfide) groups is 1. The van der Waals surface area contributed by atoms with Crippen LogP contribution in [0.5, 0.6) is 0 Å². The molecule has 0 atom stereocenters. The summed E-state index contributed by atoms with van der Waals surface area (Å²) in [5.74, 6) is 0.621. The Balaban J connectivity index is 1.71. The molecular weight excluding hydrogens is 326 g/mol. The summed E-state index contributed by atoms with van der Waals surface area (Å²) in [6.45, 7) is 5.82. The van der Waals surface area contributed by atoms with E-state index in [0.29, 0.717) is 10.7 Å². The number of nitrogens with zero attached hydrogens (tertiary/aromatic N) is 2. The molecule has 0 radical (unpaired) electrons. The van der Waals surface area contributed by atoms with Gasteiger partial charge in [0.15, 0.2) is 4.34 Å². The van der Waals surface area contributed by atoms with Crippen LogP contribution in [0.25, 0.3) is 10.8 Å². The lowest BCUT2D eigenvalue weighted by Gasteiger charge is -2.03. The number of aromatic nitrogens is 2. The summed E-state index contributed by atoms with van der Waals surface area (Å²) < 4.78 is 0.821. The predicted molar refractivity (Wildman–Crippen MR) is 97.3 cm³/mol. The minimum absolute atomic E-state index is 0.177. The predicted octanol–water partition coefficient (Wildman–Crippen LogP) is 4.61. The van der Waals surface area contributed by atoms with Crippen molar-refractivity contribution in [2.24, 2.45) is 0 Å². The lowest BCUT2D eigenvalue weighted by Crippen LogP contribution is -2.11. The van der Waals surface area contributed by atoms with Crippen molar-refractivity contribution >= 4 is 44.9 Å². The van der Waals surface area contributed by atoms with Gasteiger partial charge in [-0.15, -0.1) is 10.2 Å². The van der Waals surface area contributed by atoms with Crippen molar-refractivity contribution in [2.75, 3.05) is 11.1 Å². The summed E-state index contributed by atoms with van der Waals surface area (Å²) in [6.07, 6.45) is 0. The molecule has 1 aromatic heterocycles. The van der Waals surface area contributed by atoms with Gasteiger partial charge in [-0.05, 0) is 29.8 Å². The van der Waals surface area contributed by atoms with E-state index in [1.165, 1.54) is 11.3 Å². The number of rotatable bonds is 5. The van der Waals surface area contributed by atoms with Crippen LogP contribution in [0.1, 0.15) is 17.3 Å². The van der Waals surface area contributed by atoms with Gasteiger partial charge < -0.3 is 0 Å². The number of hydrogen-bond acceptors (Lipinski definition) is 5. The summed E-state index contributed by atoms with van der Waals surface area (Å²) in [6, 6.07) is 13.6. The molecule has 0 saturated carbocycles. The molecule has 0 aliphatic heterocycles. The first kappa shape index (κ1) is 15.7. The first-order valence-corrected chi connectivity index (χ1v) is 8.83. The average molecular weight is 341 g/mol. The molecule has 6 heteroatoms. The largest absolute Gasteiger partial charge is 0.296 e. The van der Waals surface area contributed by atoms with Gasteiger partial charge in [-0.2, -0.15) is 0 Å². The summed E-state index contributed by atoms with van der Waals surface area (Å²) in [5.41, 5.74) is 1.68. The Morgan fingerprint density at radius 1 is 1.22 bits per heavy atom. The van der Waals surface area contributed by atoms with E-state index < -0.39 is 0 Å². The number of carbonyl (C=O) groups excluding carboxylic acids is 1. The van der Waals surface area contributed by atoms with E-state index in [2.05, 4.69) is 22.1 Å². The van der Waals surface area contributed by atoms with Crippen LogP contribution in [0.3, 0.4) is 0 Å². The number of benzene rings is 2. The Kier molecular flexibility index (Phi) is 4.73. The Labute approximate surface area is 142 Å². The quantitative estimate of drug-likeness (QED) is 0.418. The number of anilines is 1. The van der Waals surface area contributed by atoms with Crippen LogP contribution in [0.15, 0.2) is 59.0 Å². The zero-order chi connectivity index (χ0) is 16.2. The third-order valence-electron chi connectivity index (χ3n) is 3.08. The Morgan fingerprint density at radius 3 is 2.78 bits per heavy atom. The van der Waals surface area contributed by atoms with E-state index in [-0.39, 0.29) is 5.91 Å². The second-order valence-corrected chi connectivity index (χ2v) is 7.33. The summed E-state index contributed by atoms with van der Waals surface area (Å²) in [5, 5.41) is 13.5. The standard InChI is InChI=1S/C17H15N3OS2/c1-11(2)10-22-17-20-19-16(23-17)18-15(21)14-8-7-12-5-3-4-6-13(12)9-14/h3-9H,1,10H2,2H3,(H,18,19,21). The van der Waals surface area contributed by atoms with Gasteiger partial charge in [0.1, 0.15) is 0 Å². The lowest BCUT2D eigenvalue weighted by atomic mass is 10.1. The van der Waals surface area contributed by atoms with E-state index in [4.69, 9.17) is 0 Å². The molecular formula is C17H15N3OS2. The highest BCUT2D eigenvalue weighted by Gasteiger charge is 2.11. The van der Waals surface area contributed by atoms with Crippen LogP contribution in [-0.4, -0.2) is 21.9 Å². The van der Waals surface area contributed by atoms with E-state index >= 15 is 0 Å². The van der Waals surface area contributed by atoms with Gasteiger partial charge in [0.05, 0.1) is 0 Å². The van der Waals surface area contributed by atoms with Gasteiger partial charge in [-0.1, -0.05) is 65.6 Å². The fourth-order valence-electron chi connectivity index (χ4n) is 2.00. The van der Waals surface area contributed by atoms with Crippen molar-refractivity contribution in [3.63, 3.8) is 0 Å². The van der Waals surface area contributed by atoms with Gasteiger partial charge in [0.25, 0.3) is 5.91 Å². The Hall–Kier alpha value is -2.18. The van der Waals surface area contributed by atoms with Crippen molar-refractivity contribution < 1.29 is 4.79 Å². The van der Waals surface area contributed by atoms with E-state index in [0.717, 1.165) is 26.4 Å². The summed E-state index contributed by atoms with van der Waals surface area (Å²) in [4.78, 5) is 12.3. The first-order valence-electron chi connectivity index (χ1n) is 7.02. The van der Waals surface area contributed by atoms with Crippen LogP contribution in [0.2, 0.25) is 0 Å². The number of hydrogen-bond donors (Lipinski definition) is 1. The SMILES string of the molecule is C=C(C)CSc1nnc(NC(=O)c2ccc3ccccc3c2)s1. The second-order valence-electron chi connectivity index (χ2n) is 5.13. The molecule has 1 amide bonds. The van der Waals surface area contributed by atoms with Gasteiger partial charge in [0.2, 0.25) is 5.13 Å². The maximum atomic E-state index is 12.3. The van der Waals surface area contributed by atoms with Gasteiger partial charge in [-0.25, -0.2) is 0 Å². The Morgan fingerprint density at radius 2 is 2.00 bits per heavy atom. The third kappa shape index (κ3) is 3.97. The lowest BCUT2D eigenvalue weighted by molar-refractivity contribution is 0.102. The third-order valence-corrected chi connectivity index (χ3v) is 5.28. The van der Waals surface area contributed by atoms with Gasteiger partial charge in [-0.3, -0.25) is 10.1 Å². The number of amides is 1. The molecule has 0 fully saturated rings. The topological polar surface area (TPSA) is 54.9 Å². The molecule has 116 valence electrons. The molecule has 2 aromatic carbocycles. The van der Waals surface area contributed by atoms with Gasteiger partial charge in [0, 0.05) is 11.3 Å². The highest BCUT2D eigenvalue weighted by atomic mass is 32.2. The van der Waals surface area contributed by atoms with Crippen molar-refractivity contribution in [3.05, 3.63) is 60.2 Å². The second kappa shape index (κ2) is 6.93. The number of fused-ring (bicyclic) bond motifs is 1. The zero-order valence-corrected chi connectivity index (χ0v) is 14.2. The monoisotopic (exact) mass is 341 g/mol. The van der Waals surface area contributed by atoms with Crippen LogP contribution in [0, 0.1) is 0 Å². The van der Waals surface area contributed by atoms with E-state index in [1.54, 1.807) is 11.8 Å². The minimum atomic E-state index is -0.177. The maximum Gasteiger partial charge on any atom is 0.257 e. The normalized spacial score (nSPS) is 10.7. The van der Waals surface area contributed by atoms with Crippen LogP contribution < -0.4 is 5.32 Å². The average Bonchev–Trinajstić information content (AvgIpc) is 3.00. The molecule has 0 spiro atoms. The van der Waals surface area contributed by atoms with Crippen LogP contribution in [0.4, 0.5) is 5.13 Å². The molecule has 0 saturated heterocycles. The zero-order valence-electron chi connectivity index (χ0n) is 12.6. The summed E-state index contributed by atoms with van der Waals surface area (Å²) >= 11 is 2.94. The fourth-order valence-corrected chi connectivity index (χ4v) is 3.59. The molecule has 23 heavy (non-hydrogen) atoms. The van der Waals surface area contributed by atoms with Crippen molar-refractivity contribution in [2.45, 2.75) is 11.3 Å². The van der Waals surface area contributed by atoms with Crippen LogP contribution >= 0.6 is 23.1 Å². The van der Waals surface area contributed by atoms with Crippen molar-refractivity contribution in [1.82, 2.24) is 10.2 Å². The van der Waals surface area contributed by atoms with Crippen molar-refractivity contribution in [3.8, 4) is 0 Å². The molecule has 3 rings (SSSR count). The molecule has 3 aromatic rings. The van der Waals surface area contributed by atoms with Crippen molar-refractivity contribution in [1.29, 1.82) is 0 Å². The molecule has 0 bridgehead atoms. The van der Waals surface area contributed by atoms with E-state index in [9.17, 15) is 4.79 Å². The molecule has 0 aliphatic carbocycles. The Bertz CT molecular complexity index is 873. The molecule has 1 N–H and O–H groups in total. The fraction of sp³-hybridized carbons (Fsp3) is 0.118. The maximum absolute atomic E-state index is 12.3. The highest BCUT2D eigenvalue weighted by molar-refractivity contribution is 8.01.